The minimum absolute atomic E-state index is 0.142. The summed E-state index contributed by atoms with van der Waals surface area (Å²) in [5, 5.41) is 2.90. The highest BCUT2D eigenvalue weighted by molar-refractivity contribution is 7.89. The Balaban J connectivity index is 1.51. The molecule has 0 unspecified atom stereocenters. The standard InChI is InChI=1S/C21H26FN3O3S/c1-16-3-9-20(10-4-16)29(27,28)25-13-11-24(12-14-25)15-21(26)23-17(2)18-5-7-19(22)8-6-18/h3-10,17H,11-15H2,1-2H3,(H,23,26)/t17-/m1/s1. The molecule has 1 aliphatic heterocycles. The topological polar surface area (TPSA) is 69.7 Å². The van der Waals surface area contributed by atoms with E-state index in [-0.39, 0.29) is 24.3 Å². The molecule has 0 aromatic heterocycles. The molecule has 0 saturated carbocycles. The maximum Gasteiger partial charge on any atom is 0.243 e. The fraction of sp³-hybridized carbons (Fsp3) is 0.381. The number of amides is 1. The molecule has 1 atom stereocenters. The Labute approximate surface area is 171 Å². The predicted molar refractivity (Wildman–Crippen MR) is 109 cm³/mol. The van der Waals surface area contributed by atoms with Crippen LogP contribution in [0.5, 0.6) is 0 Å². The van der Waals surface area contributed by atoms with Crippen LogP contribution in [-0.4, -0.2) is 56.3 Å². The summed E-state index contributed by atoms with van der Waals surface area (Å²) in [4.78, 5) is 14.6. The van der Waals surface area contributed by atoms with E-state index in [0.717, 1.165) is 11.1 Å². The van der Waals surface area contributed by atoms with Gasteiger partial charge in [0.05, 0.1) is 17.5 Å². The van der Waals surface area contributed by atoms with E-state index >= 15 is 0 Å². The summed E-state index contributed by atoms with van der Waals surface area (Å²) < 4.78 is 40.0. The Hall–Kier alpha value is -2.29. The molecule has 0 aliphatic carbocycles. The summed E-state index contributed by atoms with van der Waals surface area (Å²) in [6.45, 7) is 5.62. The molecule has 1 N–H and O–H groups in total. The SMILES string of the molecule is Cc1ccc(S(=O)(=O)N2CCN(CC(=O)N[C@H](C)c3ccc(F)cc3)CC2)cc1. The third kappa shape index (κ3) is 5.41. The fourth-order valence-electron chi connectivity index (χ4n) is 3.31. The summed E-state index contributed by atoms with van der Waals surface area (Å²) in [6, 6.07) is 12.6. The zero-order valence-electron chi connectivity index (χ0n) is 16.6. The first kappa shape index (κ1) is 21.4. The van der Waals surface area contributed by atoms with E-state index in [1.54, 1.807) is 36.4 Å². The maximum absolute atomic E-state index is 13.0. The number of nitrogens with one attached hydrogen (secondary N) is 1. The second kappa shape index (κ2) is 9.02. The summed E-state index contributed by atoms with van der Waals surface area (Å²) in [5.74, 6) is -0.456. The molecular weight excluding hydrogens is 393 g/mol. The molecule has 6 nitrogen and oxygen atoms in total. The quantitative estimate of drug-likeness (QED) is 0.780. The van der Waals surface area contributed by atoms with E-state index in [0.29, 0.717) is 31.1 Å². The number of halogens is 1. The fourth-order valence-corrected chi connectivity index (χ4v) is 4.73. The Morgan fingerprint density at radius 1 is 1.03 bits per heavy atom. The van der Waals surface area contributed by atoms with Gasteiger partial charge in [-0.15, -0.1) is 0 Å². The van der Waals surface area contributed by atoms with E-state index in [4.69, 9.17) is 0 Å². The van der Waals surface area contributed by atoms with E-state index in [1.165, 1.54) is 16.4 Å². The molecule has 2 aromatic rings. The Morgan fingerprint density at radius 3 is 2.21 bits per heavy atom. The van der Waals surface area contributed by atoms with Gasteiger partial charge >= 0.3 is 0 Å². The lowest BCUT2D eigenvalue weighted by molar-refractivity contribution is -0.123. The van der Waals surface area contributed by atoms with Gasteiger partial charge in [0.25, 0.3) is 0 Å². The minimum Gasteiger partial charge on any atom is -0.348 e. The number of carbonyl (C=O) groups excluding carboxylic acids is 1. The van der Waals surface area contributed by atoms with Gasteiger partial charge in [-0.05, 0) is 43.7 Å². The molecule has 1 fully saturated rings. The van der Waals surface area contributed by atoms with Crippen molar-refractivity contribution in [2.75, 3.05) is 32.7 Å². The van der Waals surface area contributed by atoms with E-state index in [9.17, 15) is 17.6 Å². The number of rotatable bonds is 6. The van der Waals surface area contributed by atoms with Gasteiger partial charge in [0.1, 0.15) is 5.82 Å². The zero-order chi connectivity index (χ0) is 21.0. The Kier molecular flexibility index (Phi) is 6.66. The molecule has 0 bridgehead atoms. The van der Waals surface area contributed by atoms with Gasteiger partial charge in [0.15, 0.2) is 0 Å². The smallest absolute Gasteiger partial charge is 0.243 e. The van der Waals surface area contributed by atoms with Crippen LogP contribution >= 0.6 is 0 Å². The van der Waals surface area contributed by atoms with Crippen molar-refractivity contribution in [2.45, 2.75) is 24.8 Å². The third-order valence-electron chi connectivity index (χ3n) is 5.10. The third-order valence-corrected chi connectivity index (χ3v) is 7.02. The first-order valence-corrected chi connectivity index (χ1v) is 11.0. The average molecular weight is 420 g/mol. The molecular formula is C21H26FN3O3S. The molecule has 1 aliphatic rings. The molecule has 3 rings (SSSR count). The Bertz CT molecular complexity index is 938. The number of hydrogen-bond acceptors (Lipinski definition) is 4. The highest BCUT2D eigenvalue weighted by atomic mass is 32.2. The van der Waals surface area contributed by atoms with Gasteiger partial charge in [-0.1, -0.05) is 29.8 Å². The van der Waals surface area contributed by atoms with Gasteiger partial charge < -0.3 is 5.32 Å². The van der Waals surface area contributed by atoms with E-state index in [1.807, 2.05) is 18.7 Å². The summed E-state index contributed by atoms with van der Waals surface area (Å²) in [6.07, 6.45) is 0. The second-order valence-electron chi connectivity index (χ2n) is 7.33. The number of piperazine rings is 1. The van der Waals surface area contributed by atoms with E-state index in [2.05, 4.69) is 5.32 Å². The van der Waals surface area contributed by atoms with Crippen LogP contribution in [0.3, 0.4) is 0 Å². The number of nitrogens with zero attached hydrogens (tertiary/aromatic N) is 2. The number of benzene rings is 2. The van der Waals surface area contributed by atoms with Crippen molar-refractivity contribution in [2.24, 2.45) is 0 Å². The van der Waals surface area contributed by atoms with Crippen LogP contribution in [0, 0.1) is 12.7 Å². The Morgan fingerprint density at radius 2 is 1.62 bits per heavy atom. The first-order valence-electron chi connectivity index (χ1n) is 9.60. The largest absolute Gasteiger partial charge is 0.348 e. The molecule has 0 spiro atoms. The summed E-state index contributed by atoms with van der Waals surface area (Å²) >= 11 is 0. The van der Waals surface area contributed by atoms with Crippen molar-refractivity contribution in [3.8, 4) is 0 Å². The monoisotopic (exact) mass is 419 g/mol. The van der Waals surface area contributed by atoms with E-state index < -0.39 is 10.0 Å². The summed E-state index contributed by atoms with van der Waals surface area (Å²) in [5.41, 5.74) is 1.84. The molecule has 1 heterocycles. The van der Waals surface area contributed by atoms with Crippen molar-refractivity contribution >= 4 is 15.9 Å². The predicted octanol–water partition coefficient (Wildman–Crippen LogP) is 2.32. The molecule has 2 aromatic carbocycles. The van der Waals surface area contributed by atoms with Crippen LogP contribution in [-0.2, 0) is 14.8 Å². The normalized spacial score (nSPS) is 17.1. The lowest BCUT2D eigenvalue weighted by Crippen LogP contribution is -2.51. The molecule has 1 saturated heterocycles. The molecule has 0 radical (unpaired) electrons. The lowest BCUT2D eigenvalue weighted by Gasteiger charge is -2.33. The van der Waals surface area contributed by atoms with Gasteiger partial charge in [-0.2, -0.15) is 4.31 Å². The molecule has 8 heteroatoms. The van der Waals surface area contributed by atoms with Gasteiger partial charge in [-0.25, -0.2) is 12.8 Å². The van der Waals surface area contributed by atoms with Gasteiger partial charge in [-0.3, -0.25) is 9.69 Å². The van der Waals surface area contributed by atoms with Gasteiger partial charge in [0, 0.05) is 26.2 Å². The zero-order valence-corrected chi connectivity index (χ0v) is 17.5. The first-order chi connectivity index (χ1) is 13.8. The lowest BCUT2D eigenvalue weighted by atomic mass is 10.1. The molecule has 156 valence electrons. The van der Waals surface area contributed by atoms with Crippen molar-refractivity contribution in [1.82, 2.24) is 14.5 Å². The van der Waals surface area contributed by atoms with Crippen LogP contribution in [0.15, 0.2) is 53.4 Å². The minimum atomic E-state index is -3.51. The summed E-state index contributed by atoms with van der Waals surface area (Å²) in [7, 11) is -3.51. The van der Waals surface area contributed by atoms with Crippen molar-refractivity contribution in [1.29, 1.82) is 0 Å². The van der Waals surface area contributed by atoms with Crippen LogP contribution in [0.1, 0.15) is 24.1 Å². The average Bonchev–Trinajstić information content (AvgIpc) is 2.69. The van der Waals surface area contributed by atoms with Gasteiger partial charge in [0.2, 0.25) is 15.9 Å². The molecule has 1 amide bonds. The number of aryl methyl sites for hydroxylation is 1. The molecule has 29 heavy (non-hydrogen) atoms. The maximum atomic E-state index is 13.0. The number of hydrogen-bond donors (Lipinski definition) is 1. The highest BCUT2D eigenvalue weighted by Gasteiger charge is 2.29. The number of carbonyl (C=O) groups is 1. The van der Waals surface area contributed by atoms with Crippen LogP contribution in [0.4, 0.5) is 4.39 Å². The van der Waals surface area contributed by atoms with Crippen molar-refractivity contribution in [3.63, 3.8) is 0 Å². The second-order valence-corrected chi connectivity index (χ2v) is 9.27. The van der Waals surface area contributed by atoms with Crippen LogP contribution < -0.4 is 5.32 Å². The number of sulfonamides is 1. The van der Waals surface area contributed by atoms with Crippen molar-refractivity contribution < 1.29 is 17.6 Å². The highest BCUT2D eigenvalue weighted by Crippen LogP contribution is 2.18. The van der Waals surface area contributed by atoms with Crippen LogP contribution in [0.2, 0.25) is 0 Å². The van der Waals surface area contributed by atoms with Crippen LogP contribution in [0.25, 0.3) is 0 Å². The van der Waals surface area contributed by atoms with Crippen molar-refractivity contribution in [3.05, 3.63) is 65.5 Å².